The van der Waals surface area contributed by atoms with E-state index >= 15 is 0 Å². The van der Waals surface area contributed by atoms with Crippen LogP contribution in [0, 0.1) is 5.95 Å². The highest BCUT2D eigenvalue weighted by Crippen LogP contribution is 2.44. The molecule has 2 aromatic rings. The van der Waals surface area contributed by atoms with Crippen molar-refractivity contribution >= 4 is 34.9 Å². The van der Waals surface area contributed by atoms with Crippen molar-refractivity contribution in [3.8, 4) is 0 Å². The van der Waals surface area contributed by atoms with E-state index in [9.17, 15) is 9.18 Å². The van der Waals surface area contributed by atoms with Crippen LogP contribution in [0.15, 0.2) is 24.5 Å². The van der Waals surface area contributed by atoms with Gasteiger partial charge in [0.25, 0.3) is 0 Å². The first-order chi connectivity index (χ1) is 11.5. The number of carbonyl (C=O) groups excluding carboxylic acids is 1. The quantitative estimate of drug-likeness (QED) is 0.768. The number of hydrogen-bond donors (Lipinski definition) is 1. The van der Waals surface area contributed by atoms with E-state index in [4.69, 9.17) is 23.2 Å². The number of carbonyl (C=O) groups is 1. The second-order valence-corrected chi connectivity index (χ2v) is 6.72. The smallest absolute Gasteiger partial charge is 0.314 e. The Morgan fingerprint density at radius 2 is 2.17 bits per heavy atom. The molecule has 1 saturated heterocycles. The van der Waals surface area contributed by atoms with Crippen LogP contribution in [0.25, 0.3) is 0 Å². The van der Waals surface area contributed by atoms with Gasteiger partial charge in [0.15, 0.2) is 0 Å². The zero-order valence-corrected chi connectivity index (χ0v) is 14.0. The third kappa shape index (κ3) is 2.50. The fourth-order valence-corrected chi connectivity index (χ4v) is 3.87. The molecule has 124 valence electrons. The minimum atomic E-state index is -0.432. The number of fused-ring (bicyclic) bond motifs is 4. The number of nitrogens with zero attached hydrogens (tertiary/aromatic N) is 3. The average Bonchev–Trinajstić information content (AvgIpc) is 2.87. The van der Waals surface area contributed by atoms with Crippen LogP contribution >= 0.6 is 23.2 Å². The maximum atomic E-state index is 13.9. The fraction of sp³-hybridized carbons (Fsp3) is 0.312. The van der Waals surface area contributed by atoms with Gasteiger partial charge in [-0.15, -0.1) is 0 Å². The molecule has 0 aliphatic carbocycles. The fourth-order valence-electron chi connectivity index (χ4n) is 3.60. The van der Waals surface area contributed by atoms with Crippen molar-refractivity contribution < 1.29 is 9.18 Å². The van der Waals surface area contributed by atoms with Crippen molar-refractivity contribution in [1.82, 2.24) is 14.9 Å². The van der Waals surface area contributed by atoms with Gasteiger partial charge in [-0.3, -0.25) is 0 Å². The molecule has 0 radical (unpaired) electrons. The molecule has 2 unspecified atom stereocenters. The van der Waals surface area contributed by atoms with Crippen molar-refractivity contribution in [2.45, 2.75) is 31.3 Å². The standard InChI is InChI=1S/C16H13Cl2FN4O/c17-12-5-8(7-21-14(12)18)22-16(24)23-9-1-2-13(23)10-3-4-20-15(19)11(10)6-9/h3-5,7,9,13H,1-2,6H2,(H,22,24). The zero-order chi connectivity index (χ0) is 16.8. The van der Waals surface area contributed by atoms with Gasteiger partial charge in [-0.05, 0) is 37.0 Å². The van der Waals surface area contributed by atoms with Crippen molar-refractivity contribution in [3.05, 3.63) is 51.8 Å². The maximum absolute atomic E-state index is 13.9. The molecule has 8 heteroatoms. The Labute approximate surface area is 147 Å². The number of hydrogen-bond acceptors (Lipinski definition) is 3. The monoisotopic (exact) mass is 366 g/mol. The molecular weight excluding hydrogens is 354 g/mol. The molecule has 2 atom stereocenters. The highest BCUT2D eigenvalue weighted by Gasteiger charge is 2.43. The van der Waals surface area contributed by atoms with Crippen LogP contribution in [0.4, 0.5) is 14.9 Å². The van der Waals surface area contributed by atoms with E-state index < -0.39 is 5.95 Å². The van der Waals surface area contributed by atoms with Crippen LogP contribution in [0.2, 0.25) is 10.2 Å². The molecule has 2 aliphatic heterocycles. The molecule has 0 aromatic carbocycles. The minimum Gasteiger partial charge on any atom is -0.314 e. The average molecular weight is 367 g/mol. The number of anilines is 1. The summed E-state index contributed by atoms with van der Waals surface area (Å²) in [6.45, 7) is 0. The summed E-state index contributed by atoms with van der Waals surface area (Å²) in [5, 5.41) is 3.26. The van der Waals surface area contributed by atoms with E-state index in [0.717, 1.165) is 18.4 Å². The minimum absolute atomic E-state index is 0.0306. The van der Waals surface area contributed by atoms with Crippen LogP contribution in [0.5, 0.6) is 0 Å². The third-order valence-electron chi connectivity index (χ3n) is 4.62. The van der Waals surface area contributed by atoms with Crippen molar-refractivity contribution in [2.24, 2.45) is 0 Å². The lowest BCUT2D eigenvalue weighted by molar-refractivity contribution is 0.178. The molecule has 5 nitrogen and oxygen atoms in total. The number of nitrogens with one attached hydrogen (secondary N) is 1. The van der Waals surface area contributed by atoms with E-state index in [1.54, 1.807) is 17.0 Å². The number of rotatable bonds is 1. The van der Waals surface area contributed by atoms with Gasteiger partial charge in [-0.2, -0.15) is 4.39 Å². The number of amides is 2. The SMILES string of the molecule is O=C(Nc1cnc(Cl)c(Cl)c1)N1C2CCC1c1ccnc(F)c1C2. The lowest BCUT2D eigenvalue weighted by Gasteiger charge is -2.36. The number of halogens is 3. The van der Waals surface area contributed by atoms with E-state index in [-0.39, 0.29) is 28.3 Å². The van der Waals surface area contributed by atoms with Crippen LogP contribution in [0.3, 0.4) is 0 Å². The normalized spacial score (nSPS) is 21.5. The molecule has 2 aliphatic rings. The van der Waals surface area contributed by atoms with Crippen molar-refractivity contribution in [3.63, 3.8) is 0 Å². The van der Waals surface area contributed by atoms with Gasteiger partial charge in [0.1, 0.15) is 5.15 Å². The summed E-state index contributed by atoms with van der Waals surface area (Å²) in [4.78, 5) is 22.1. The van der Waals surface area contributed by atoms with Crippen molar-refractivity contribution in [1.29, 1.82) is 0 Å². The second kappa shape index (κ2) is 5.86. The molecule has 24 heavy (non-hydrogen) atoms. The largest absolute Gasteiger partial charge is 0.322 e. The predicted molar refractivity (Wildman–Crippen MR) is 88.8 cm³/mol. The Kier molecular flexibility index (Phi) is 3.81. The molecule has 2 amide bonds. The first-order valence-corrected chi connectivity index (χ1v) is 8.34. The summed E-state index contributed by atoms with van der Waals surface area (Å²) in [5.74, 6) is -0.432. The molecule has 1 N–H and O–H groups in total. The summed E-state index contributed by atoms with van der Waals surface area (Å²) >= 11 is 11.7. The lowest BCUT2D eigenvalue weighted by Crippen LogP contribution is -2.44. The molecule has 1 fully saturated rings. The van der Waals surface area contributed by atoms with E-state index in [2.05, 4.69) is 15.3 Å². The molecule has 0 spiro atoms. The molecule has 2 aromatic heterocycles. The van der Waals surface area contributed by atoms with Gasteiger partial charge in [0.2, 0.25) is 5.95 Å². The van der Waals surface area contributed by atoms with Gasteiger partial charge >= 0.3 is 6.03 Å². The summed E-state index contributed by atoms with van der Waals surface area (Å²) < 4.78 is 13.9. The molecule has 4 rings (SSSR count). The molecule has 0 saturated carbocycles. The molecular formula is C16H13Cl2FN4O. The Balaban J connectivity index is 1.61. The summed E-state index contributed by atoms with van der Waals surface area (Å²) in [5.41, 5.74) is 1.95. The van der Waals surface area contributed by atoms with Crippen LogP contribution in [-0.4, -0.2) is 26.9 Å². The zero-order valence-electron chi connectivity index (χ0n) is 12.5. The van der Waals surface area contributed by atoms with Crippen LogP contribution < -0.4 is 5.32 Å². The summed E-state index contributed by atoms with van der Waals surface area (Å²) in [6.07, 6.45) is 5.04. The summed E-state index contributed by atoms with van der Waals surface area (Å²) in [6, 6.07) is 2.94. The molecule has 2 bridgehead atoms. The van der Waals surface area contributed by atoms with Crippen LogP contribution in [0.1, 0.15) is 30.0 Å². The highest BCUT2D eigenvalue weighted by molar-refractivity contribution is 6.41. The van der Waals surface area contributed by atoms with Gasteiger partial charge < -0.3 is 10.2 Å². The van der Waals surface area contributed by atoms with E-state index in [1.165, 1.54) is 12.4 Å². The van der Waals surface area contributed by atoms with Gasteiger partial charge in [0.05, 0.1) is 22.9 Å². The number of aromatic nitrogens is 2. The Morgan fingerprint density at radius 1 is 1.33 bits per heavy atom. The Bertz CT molecular complexity index is 832. The first kappa shape index (κ1) is 15.6. The van der Waals surface area contributed by atoms with Gasteiger partial charge in [-0.25, -0.2) is 14.8 Å². The topological polar surface area (TPSA) is 58.1 Å². The maximum Gasteiger partial charge on any atom is 0.322 e. The van der Waals surface area contributed by atoms with Gasteiger partial charge in [0, 0.05) is 17.8 Å². The molecule has 4 heterocycles. The summed E-state index contributed by atoms with van der Waals surface area (Å²) in [7, 11) is 0. The van der Waals surface area contributed by atoms with E-state index in [1.807, 2.05) is 0 Å². The van der Waals surface area contributed by atoms with Crippen LogP contribution in [-0.2, 0) is 6.42 Å². The Morgan fingerprint density at radius 3 is 2.96 bits per heavy atom. The highest BCUT2D eigenvalue weighted by atomic mass is 35.5. The Hall–Kier alpha value is -1.92. The third-order valence-corrected chi connectivity index (χ3v) is 5.31. The number of pyridine rings is 2. The van der Waals surface area contributed by atoms with E-state index in [0.29, 0.717) is 17.7 Å². The number of urea groups is 1. The predicted octanol–water partition coefficient (Wildman–Crippen LogP) is 4.22. The van der Waals surface area contributed by atoms with Crippen molar-refractivity contribution in [2.75, 3.05) is 5.32 Å². The first-order valence-electron chi connectivity index (χ1n) is 7.58. The lowest BCUT2D eigenvalue weighted by atomic mass is 9.95. The van der Waals surface area contributed by atoms with Gasteiger partial charge in [-0.1, -0.05) is 23.2 Å². The second-order valence-electron chi connectivity index (χ2n) is 5.95.